The average molecular weight is 328 g/mol. The van der Waals surface area contributed by atoms with E-state index in [0.29, 0.717) is 12.5 Å². The molecule has 5 heteroatoms. The van der Waals surface area contributed by atoms with Gasteiger partial charge in [0.2, 0.25) is 0 Å². The molecule has 0 saturated heterocycles. The van der Waals surface area contributed by atoms with Gasteiger partial charge >= 0.3 is 0 Å². The maximum absolute atomic E-state index is 12.0. The van der Waals surface area contributed by atoms with Crippen LogP contribution in [0.25, 0.3) is 0 Å². The molecule has 1 rings (SSSR count). The molecular weight excluding hydrogens is 300 g/mol. The molecule has 24 heavy (non-hydrogen) atoms. The van der Waals surface area contributed by atoms with Crippen molar-refractivity contribution in [2.45, 2.75) is 34.6 Å². The van der Waals surface area contributed by atoms with Crippen LogP contribution in [0, 0.1) is 24.2 Å². The SMILES string of the molecule is CCN(CC)c1ccc(N/C=C(/C#N)C(=O)NCC(C)C)c(C)c1. The fourth-order valence-corrected chi connectivity index (χ4v) is 2.29. The largest absolute Gasteiger partial charge is 0.372 e. The summed E-state index contributed by atoms with van der Waals surface area (Å²) in [5.41, 5.74) is 3.19. The summed E-state index contributed by atoms with van der Waals surface area (Å²) < 4.78 is 0. The lowest BCUT2D eigenvalue weighted by molar-refractivity contribution is -0.117. The van der Waals surface area contributed by atoms with E-state index in [1.807, 2.05) is 39.0 Å². The highest BCUT2D eigenvalue weighted by Gasteiger charge is 2.09. The Bertz CT molecular complexity index is 625. The number of anilines is 2. The molecule has 0 atom stereocenters. The van der Waals surface area contributed by atoms with E-state index >= 15 is 0 Å². The third kappa shape index (κ3) is 5.62. The number of aryl methyl sites for hydroxylation is 1. The Morgan fingerprint density at radius 3 is 2.50 bits per heavy atom. The Hall–Kier alpha value is -2.48. The van der Waals surface area contributed by atoms with Crippen LogP contribution in [0.2, 0.25) is 0 Å². The van der Waals surface area contributed by atoms with Gasteiger partial charge in [0, 0.05) is 37.2 Å². The molecule has 0 spiro atoms. The van der Waals surface area contributed by atoms with Crippen molar-refractivity contribution >= 4 is 17.3 Å². The Morgan fingerprint density at radius 1 is 1.33 bits per heavy atom. The Kier molecular flexibility index (Phi) is 7.84. The quantitative estimate of drug-likeness (QED) is 0.567. The number of carbonyl (C=O) groups is 1. The van der Waals surface area contributed by atoms with Crippen LogP contribution in [0.15, 0.2) is 30.0 Å². The summed E-state index contributed by atoms with van der Waals surface area (Å²) in [6.07, 6.45) is 1.47. The first-order valence-corrected chi connectivity index (χ1v) is 8.43. The molecular formula is C19H28N4O. The highest BCUT2D eigenvalue weighted by atomic mass is 16.1. The topological polar surface area (TPSA) is 68.2 Å². The standard InChI is InChI=1S/C19H28N4O/c1-6-23(7-2)17-8-9-18(15(5)10-17)21-13-16(11-20)19(24)22-12-14(3)4/h8-10,13-14,21H,6-7,12H2,1-5H3,(H,22,24)/b16-13-. The molecule has 2 N–H and O–H groups in total. The van der Waals surface area contributed by atoms with Gasteiger partial charge in [-0.05, 0) is 50.5 Å². The number of hydrogen-bond donors (Lipinski definition) is 2. The number of hydrogen-bond acceptors (Lipinski definition) is 4. The van der Waals surface area contributed by atoms with Crippen molar-refractivity contribution in [3.63, 3.8) is 0 Å². The molecule has 1 amide bonds. The van der Waals surface area contributed by atoms with E-state index in [4.69, 9.17) is 5.26 Å². The molecule has 0 radical (unpaired) electrons. The number of nitrogens with one attached hydrogen (secondary N) is 2. The van der Waals surface area contributed by atoms with Crippen LogP contribution in [-0.2, 0) is 4.79 Å². The second-order valence-electron chi connectivity index (χ2n) is 6.09. The summed E-state index contributed by atoms with van der Waals surface area (Å²) >= 11 is 0. The zero-order valence-corrected chi connectivity index (χ0v) is 15.3. The van der Waals surface area contributed by atoms with Crippen LogP contribution in [0.1, 0.15) is 33.3 Å². The zero-order chi connectivity index (χ0) is 18.1. The molecule has 0 saturated carbocycles. The van der Waals surface area contributed by atoms with Gasteiger partial charge in [0.15, 0.2) is 0 Å². The Morgan fingerprint density at radius 2 is 2.00 bits per heavy atom. The summed E-state index contributed by atoms with van der Waals surface area (Å²) in [6, 6.07) is 8.06. The fourth-order valence-electron chi connectivity index (χ4n) is 2.29. The predicted octanol–water partition coefficient (Wildman–Crippen LogP) is 3.43. The molecule has 1 aromatic rings. The highest BCUT2D eigenvalue weighted by molar-refractivity contribution is 5.97. The molecule has 0 aliphatic rings. The summed E-state index contributed by atoms with van der Waals surface area (Å²) in [5, 5.41) is 15.0. The molecule has 0 aliphatic heterocycles. The molecule has 0 bridgehead atoms. The minimum atomic E-state index is -0.351. The normalized spacial score (nSPS) is 11.1. The lowest BCUT2D eigenvalue weighted by Gasteiger charge is -2.22. The molecule has 0 fully saturated rings. The third-order valence-electron chi connectivity index (χ3n) is 3.75. The molecule has 5 nitrogen and oxygen atoms in total. The van der Waals surface area contributed by atoms with Gasteiger partial charge in [-0.15, -0.1) is 0 Å². The number of amides is 1. The van der Waals surface area contributed by atoms with Crippen molar-refractivity contribution in [3.8, 4) is 6.07 Å². The van der Waals surface area contributed by atoms with Crippen molar-refractivity contribution in [2.75, 3.05) is 29.9 Å². The van der Waals surface area contributed by atoms with Crippen LogP contribution >= 0.6 is 0 Å². The van der Waals surface area contributed by atoms with E-state index in [-0.39, 0.29) is 11.5 Å². The van der Waals surface area contributed by atoms with E-state index in [2.05, 4.69) is 35.4 Å². The van der Waals surface area contributed by atoms with Gasteiger partial charge in [0.25, 0.3) is 5.91 Å². The smallest absolute Gasteiger partial charge is 0.263 e. The van der Waals surface area contributed by atoms with E-state index in [1.54, 1.807) is 0 Å². The number of nitriles is 1. The van der Waals surface area contributed by atoms with Crippen molar-refractivity contribution in [3.05, 3.63) is 35.5 Å². The van der Waals surface area contributed by atoms with Crippen LogP contribution in [0.4, 0.5) is 11.4 Å². The van der Waals surface area contributed by atoms with Crippen molar-refractivity contribution < 1.29 is 4.79 Å². The number of carbonyl (C=O) groups excluding carboxylic acids is 1. The predicted molar refractivity (Wildman–Crippen MR) is 99.9 cm³/mol. The van der Waals surface area contributed by atoms with E-state index in [0.717, 1.165) is 24.3 Å². The van der Waals surface area contributed by atoms with Gasteiger partial charge in [-0.2, -0.15) is 5.26 Å². The maximum atomic E-state index is 12.0. The zero-order valence-electron chi connectivity index (χ0n) is 15.3. The van der Waals surface area contributed by atoms with Crippen LogP contribution in [0.5, 0.6) is 0 Å². The van der Waals surface area contributed by atoms with E-state index in [9.17, 15) is 4.79 Å². The maximum Gasteiger partial charge on any atom is 0.263 e. The van der Waals surface area contributed by atoms with Crippen LogP contribution in [0.3, 0.4) is 0 Å². The van der Waals surface area contributed by atoms with Crippen LogP contribution < -0.4 is 15.5 Å². The first-order chi connectivity index (χ1) is 11.4. The van der Waals surface area contributed by atoms with Gasteiger partial charge in [-0.1, -0.05) is 13.8 Å². The summed E-state index contributed by atoms with van der Waals surface area (Å²) in [5.74, 6) is -0.00664. The molecule has 0 aliphatic carbocycles. The first kappa shape index (κ1) is 19.6. The van der Waals surface area contributed by atoms with Gasteiger partial charge in [-0.25, -0.2) is 0 Å². The minimum absolute atomic E-state index is 0.0721. The summed E-state index contributed by atoms with van der Waals surface area (Å²) in [6.45, 7) is 12.7. The number of benzene rings is 1. The molecule has 1 aromatic carbocycles. The second kappa shape index (κ2) is 9.61. The molecule has 0 heterocycles. The number of nitrogens with zero attached hydrogens (tertiary/aromatic N) is 2. The Labute approximate surface area is 145 Å². The van der Waals surface area contributed by atoms with Gasteiger partial charge in [0.05, 0.1) is 0 Å². The van der Waals surface area contributed by atoms with Crippen molar-refractivity contribution in [2.24, 2.45) is 5.92 Å². The average Bonchev–Trinajstić information content (AvgIpc) is 2.56. The minimum Gasteiger partial charge on any atom is -0.372 e. The van der Waals surface area contributed by atoms with Gasteiger partial charge in [0.1, 0.15) is 11.6 Å². The Balaban J connectivity index is 2.84. The summed E-state index contributed by atoms with van der Waals surface area (Å²) in [7, 11) is 0. The van der Waals surface area contributed by atoms with Crippen molar-refractivity contribution in [1.29, 1.82) is 5.26 Å². The van der Waals surface area contributed by atoms with E-state index < -0.39 is 0 Å². The molecule has 0 aromatic heterocycles. The van der Waals surface area contributed by atoms with E-state index in [1.165, 1.54) is 11.9 Å². The first-order valence-electron chi connectivity index (χ1n) is 8.43. The molecule has 130 valence electrons. The fraction of sp³-hybridized carbons (Fsp3) is 0.474. The van der Waals surface area contributed by atoms with Crippen LogP contribution in [-0.4, -0.2) is 25.5 Å². The highest BCUT2D eigenvalue weighted by Crippen LogP contribution is 2.22. The number of rotatable bonds is 8. The lowest BCUT2D eigenvalue weighted by atomic mass is 10.1. The van der Waals surface area contributed by atoms with Crippen molar-refractivity contribution in [1.82, 2.24) is 5.32 Å². The van der Waals surface area contributed by atoms with Gasteiger partial charge < -0.3 is 15.5 Å². The lowest BCUT2D eigenvalue weighted by Crippen LogP contribution is -2.28. The molecule has 0 unspecified atom stereocenters. The van der Waals surface area contributed by atoms with Gasteiger partial charge in [-0.3, -0.25) is 4.79 Å². The summed E-state index contributed by atoms with van der Waals surface area (Å²) in [4.78, 5) is 14.2. The monoisotopic (exact) mass is 328 g/mol. The second-order valence-corrected chi connectivity index (χ2v) is 6.09. The third-order valence-corrected chi connectivity index (χ3v) is 3.75.